The van der Waals surface area contributed by atoms with Gasteiger partial charge < -0.3 is 0 Å². The first-order valence-corrected chi connectivity index (χ1v) is 6.81. The number of thiophene rings is 1. The second-order valence-electron chi connectivity index (χ2n) is 4.13. The molecular weight excluding hydrogens is 271 g/mol. The summed E-state index contributed by atoms with van der Waals surface area (Å²) in [5.41, 5.74) is 4.72. The number of halogens is 2. The predicted octanol–water partition coefficient (Wildman–Crippen LogP) is 3.60. The Balaban J connectivity index is 2.26. The van der Waals surface area contributed by atoms with Crippen molar-refractivity contribution in [3.05, 3.63) is 56.5 Å². The molecule has 0 saturated carbocycles. The van der Waals surface area contributed by atoms with Gasteiger partial charge in [-0.25, -0.2) is 4.39 Å². The summed E-state index contributed by atoms with van der Waals surface area (Å²) in [6.45, 7) is 1.96. The number of benzene rings is 1. The monoisotopic (exact) mass is 284 g/mol. The van der Waals surface area contributed by atoms with Gasteiger partial charge >= 0.3 is 0 Å². The van der Waals surface area contributed by atoms with Crippen LogP contribution in [0.4, 0.5) is 4.39 Å². The van der Waals surface area contributed by atoms with Gasteiger partial charge in [0.15, 0.2) is 0 Å². The van der Waals surface area contributed by atoms with Crippen molar-refractivity contribution in [3.8, 4) is 0 Å². The molecule has 0 saturated heterocycles. The third kappa shape index (κ3) is 2.90. The molecular formula is C13H14ClFN2S. The Kier molecular flexibility index (Phi) is 4.35. The summed E-state index contributed by atoms with van der Waals surface area (Å²) in [6, 6.07) is 6.51. The molecule has 18 heavy (non-hydrogen) atoms. The van der Waals surface area contributed by atoms with Crippen molar-refractivity contribution in [3.63, 3.8) is 0 Å². The van der Waals surface area contributed by atoms with Crippen molar-refractivity contribution in [2.45, 2.75) is 19.4 Å². The van der Waals surface area contributed by atoms with Crippen molar-refractivity contribution in [1.29, 1.82) is 0 Å². The van der Waals surface area contributed by atoms with E-state index in [0.29, 0.717) is 11.4 Å². The van der Waals surface area contributed by atoms with Crippen LogP contribution in [0.25, 0.3) is 0 Å². The Morgan fingerprint density at radius 3 is 2.83 bits per heavy atom. The molecule has 0 bridgehead atoms. The third-order valence-corrected chi connectivity index (χ3v) is 4.37. The van der Waals surface area contributed by atoms with Crippen LogP contribution < -0.4 is 11.3 Å². The zero-order valence-electron chi connectivity index (χ0n) is 9.91. The summed E-state index contributed by atoms with van der Waals surface area (Å²) in [7, 11) is 0. The van der Waals surface area contributed by atoms with Crippen LogP contribution in [0.1, 0.15) is 22.0 Å². The molecule has 1 atom stereocenters. The molecule has 1 unspecified atom stereocenters. The molecule has 5 heteroatoms. The number of rotatable bonds is 4. The largest absolute Gasteiger partial charge is 0.271 e. The molecule has 2 nitrogen and oxygen atoms in total. The van der Waals surface area contributed by atoms with Crippen LogP contribution >= 0.6 is 22.9 Å². The smallest absolute Gasteiger partial charge is 0.123 e. The topological polar surface area (TPSA) is 38.0 Å². The van der Waals surface area contributed by atoms with E-state index in [2.05, 4.69) is 5.43 Å². The molecule has 96 valence electrons. The van der Waals surface area contributed by atoms with E-state index in [1.165, 1.54) is 6.07 Å². The third-order valence-electron chi connectivity index (χ3n) is 2.90. The standard InChI is InChI=1S/C13H14ClFN2S/c1-8-2-3-10(15)6-9(8)7-12(17-16)13-11(14)4-5-18-13/h2-6,12,17H,7,16H2,1H3. The lowest BCUT2D eigenvalue weighted by atomic mass is 10.0. The van der Waals surface area contributed by atoms with Gasteiger partial charge in [0.2, 0.25) is 0 Å². The van der Waals surface area contributed by atoms with Gasteiger partial charge in [0.05, 0.1) is 11.1 Å². The highest BCUT2D eigenvalue weighted by Gasteiger charge is 2.16. The van der Waals surface area contributed by atoms with E-state index in [0.717, 1.165) is 16.0 Å². The second kappa shape index (κ2) is 5.80. The molecule has 0 spiro atoms. The normalized spacial score (nSPS) is 12.7. The molecule has 1 aromatic carbocycles. The molecule has 1 heterocycles. The zero-order valence-corrected chi connectivity index (χ0v) is 11.5. The molecule has 0 aliphatic carbocycles. The first-order chi connectivity index (χ1) is 8.61. The Bertz CT molecular complexity index is 542. The zero-order chi connectivity index (χ0) is 13.1. The quantitative estimate of drug-likeness (QED) is 0.665. The first-order valence-electron chi connectivity index (χ1n) is 5.56. The minimum atomic E-state index is -0.233. The van der Waals surface area contributed by atoms with Crippen LogP contribution in [0.5, 0.6) is 0 Å². The van der Waals surface area contributed by atoms with Crippen molar-refractivity contribution in [1.82, 2.24) is 5.43 Å². The van der Waals surface area contributed by atoms with Gasteiger partial charge in [-0.05, 0) is 48.1 Å². The number of hydrogen-bond acceptors (Lipinski definition) is 3. The molecule has 2 aromatic rings. The van der Waals surface area contributed by atoms with Gasteiger partial charge in [-0.2, -0.15) is 0 Å². The van der Waals surface area contributed by atoms with Crippen LogP contribution in [0.15, 0.2) is 29.6 Å². The fraction of sp³-hybridized carbons (Fsp3) is 0.231. The summed E-state index contributed by atoms with van der Waals surface area (Å²) >= 11 is 7.63. The summed E-state index contributed by atoms with van der Waals surface area (Å²) in [5.74, 6) is 5.34. The lowest BCUT2D eigenvalue weighted by Crippen LogP contribution is -2.29. The fourth-order valence-corrected chi connectivity index (χ4v) is 3.11. The lowest BCUT2D eigenvalue weighted by molar-refractivity contribution is 0.555. The predicted molar refractivity (Wildman–Crippen MR) is 74.2 cm³/mol. The Morgan fingerprint density at radius 2 is 2.22 bits per heavy atom. The van der Waals surface area contributed by atoms with Crippen LogP contribution in [0.3, 0.4) is 0 Å². The van der Waals surface area contributed by atoms with E-state index in [-0.39, 0.29) is 11.9 Å². The molecule has 0 aliphatic rings. The number of hydrogen-bond donors (Lipinski definition) is 2. The summed E-state index contributed by atoms with van der Waals surface area (Å²) < 4.78 is 13.2. The maximum Gasteiger partial charge on any atom is 0.123 e. The van der Waals surface area contributed by atoms with Gasteiger partial charge in [-0.3, -0.25) is 11.3 Å². The molecule has 2 rings (SSSR count). The Labute approximate surface area is 115 Å². The van der Waals surface area contributed by atoms with Crippen LogP contribution in [-0.4, -0.2) is 0 Å². The van der Waals surface area contributed by atoms with Crippen LogP contribution in [0.2, 0.25) is 5.02 Å². The minimum Gasteiger partial charge on any atom is -0.271 e. The van der Waals surface area contributed by atoms with Crippen molar-refractivity contribution in [2.24, 2.45) is 5.84 Å². The van der Waals surface area contributed by atoms with E-state index in [4.69, 9.17) is 17.4 Å². The lowest BCUT2D eigenvalue weighted by Gasteiger charge is -2.16. The number of nitrogens with two attached hydrogens (primary N) is 1. The highest BCUT2D eigenvalue weighted by Crippen LogP contribution is 2.31. The fourth-order valence-electron chi connectivity index (χ4n) is 1.86. The van der Waals surface area contributed by atoms with Gasteiger partial charge in [-0.15, -0.1) is 11.3 Å². The maximum atomic E-state index is 13.2. The van der Waals surface area contributed by atoms with E-state index >= 15 is 0 Å². The van der Waals surface area contributed by atoms with Gasteiger partial charge in [0.25, 0.3) is 0 Å². The van der Waals surface area contributed by atoms with Crippen LogP contribution in [-0.2, 0) is 6.42 Å². The Hall–Kier alpha value is -0.940. The number of hydrazine groups is 1. The number of nitrogens with one attached hydrogen (secondary N) is 1. The van der Waals surface area contributed by atoms with Crippen molar-refractivity contribution < 1.29 is 4.39 Å². The average molecular weight is 285 g/mol. The molecule has 0 radical (unpaired) electrons. The second-order valence-corrected chi connectivity index (χ2v) is 5.48. The van der Waals surface area contributed by atoms with E-state index in [9.17, 15) is 4.39 Å². The van der Waals surface area contributed by atoms with Gasteiger partial charge in [0.1, 0.15) is 5.82 Å². The van der Waals surface area contributed by atoms with E-state index in [1.807, 2.05) is 18.4 Å². The first kappa shape index (κ1) is 13.5. The molecule has 0 amide bonds. The van der Waals surface area contributed by atoms with Crippen molar-refractivity contribution >= 4 is 22.9 Å². The summed E-state index contributed by atoms with van der Waals surface area (Å²) in [6.07, 6.45) is 0.611. The van der Waals surface area contributed by atoms with Gasteiger partial charge in [-0.1, -0.05) is 17.7 Å². The SMILES string of the molecule is Cc1ccc(F)cc1CC(NN)c1sccc1Cl. The summed E-state index contributed by atoms with van der Waals surface area (Å²) in [5, 5.41) is 2.61. The molecule has 3 N–H and O–H groups in total. The highest BCUT2D eigenvalue weighted by atomic mass is 35.5. The Morgan fingerprint density at radius 1 is 1.44 bits per heavy atom. The molecule has 0 fully saturated rings. The average Bonchev–Trinajstić information content (AvgIpc) is 2.77. The molecule has 1 aromatic heterocycles. The van der Waals surface area contributed by atoms with Gasteiger partial charge in [0, 0.05) is 4.88 Å². The van der Waals surface area contributed by atoms with E-state index < -0.39 is 0 Å². The van der Waals surface area contributed by atoms with E-state index in [1.54, 1.807) is 23.5 Å². The number of aryl methyl sites for hydroxylation is 1. The highest BCUT2D eigenvalue weighted by molar-refractivity contribution is 7.10. The molecule has 0 aliphatic heterocycles. The summed E-state index contributed by atoms with van der Waals surface area (Å²) in [4.78, 5) is 0.975. The minimum absolute atomic E-state index is 0.0991. The van der Waals surface area contributed by atoms with Crippen molar-refractivity contribution in [2.75, 3.05) is 0 Å². The maximum absolute atomic E-state index is 13.2. The van der Waals surface area contributed by atoms with Crippen LogP contribution in [0, 0.1) is 12.7 Å².